The third-order valence-corrected chi connectivity index (χ3v) is 10.5. The van der Waals surface area contributed by atoms with Gasteiger partial charge in [0.15, 0.2) is 5.13 Å². The molecule has 51 heavy (non-hydrogen) atoms. The molecule has 0 bridgehead atoms. The predicted octanol–water partition coefficient (Wildman–Crippen LogP) is 5.06. The van der Waals surface area contributed by atoms with Gasteiger partial charge in [0.05, 0.1) is 23.3 Å². The number of hydrogen-bond acceptors (Lipinski definition) is 8. The molecule has 3 heterocycles. The molecule has 0 aliphatic carbocycles. The Bertz CT molecular complexity index is 2110. The van der Waals surface area contributed by atoms with Crippen LogP contribution in [0, 0.1) is 0 Å². The Balaban J connectivity index is 1.14. The molecule has 4 aromatic carbocycles. The Morgan fingerprint density at radius 1 is 1.00 bits per heavy atom. The third-order valence-electron chi connectivity index (χ3n) is 9.61. The van der Waals surface area contributed by atoms with Crippen LogP contribution in [0.4, 0.5) is 15.6 Å². The summed E-state index contributed by atoms with van der Waals surface area (Å²) in [4.78, 5) is 62.3. The Kier molecular flexibility index (Phi) is 9.56. The number of carbonyl (C=O) groups is 4. The SMILES string of the molecule is CCCCNC(=O)N(C)N1CC(=O)N2[C@@H](Cc3ccc(NC(=O)c4cccc5ccccc45)cc3)C(=O)N(Cc3cccc4sc(N)nc34)C[C@@H]21. The molecule has 5 amide bonds. The van der Waals surface area contributed by atoms with E-state index in [9.17, 15) is 19.2 Å². The van der Waals surface area contributed by atoms with Gasteiger partial charge in [-0.05, 0) is 52.6 Å². The molecule has 0 unspecified atom stereocenters. The van der Waals surface area contributed by atoms with Gasteiger partial charge >= 0.3 is 6.03 Å². The number of piperazine rings is 1. The second-order valence-electron chi connectivity index (χ2n) is 12.9. The van der Waals surface area contributed by atoms with Crippen molar-refractivity contribution < 1.29 is 19.2 Å². The second kappa shape index (κ2) is 14.4. The van der Waals surface area contributed by atoms with Crippen molar-refractivity contribution >= 4 is 66.9 Å². The highest BCUT2D eigenvalue weighted by molar-refractivity contribution is 7.22. The molecule has 2 atom stereocenters. The number of nitrogens with two attached hydrogens (primary N) is 1. The van der Waals surface area contributed by atoms with E-state index in [2.05, 4.69) is 22.5 Å². The number of fused-ring (bicyclic) bond motifs is 3. The van der Waals surface area contributed by atoms with Crippen molar-refractivity contribution in [3.8, 4) is 0 Å². The van der Waals surface area contributed by atoms with Gasteiger partial charge in [0.2, 0.25) is 11.8 Å². The smallest absolute Gasteiger partial charge is 0.331 e. The molecule has 1 aromatic heterocycles. The minimum absolute atomic E-state index is 0.0304. The van der Waals surface area contributed by atoms with Crippen LogP contribution in [0.25, 0.3) is 21.0 Å². The highest BCUT2D eigenvalue weighted by Gasteiger charge is 2.51. The molecule has 7 rings (SSSR count). The van der Waals surface area contributed by atoms with Crippen LogP contribution < -0.4 is 16.4 Å². The number of nitrogen functional groups attached to an aromatic ring is 1. The van der Waals surface area contributed by atoms with Gasteiger partial charge in [0.1, 0.15) is 12.2 Å². The molecule has 2 aliphatic heterocycles. The number of anilines is 2. The maximum atomic E-state index is 14.3. The van der Waals surface area contributed by atoms with Crippen LogP contribution >= 0.6 is 11.3 Å². The summed E-state index contributed by atoms with van der Waals surface area (Å²) < 4.78 is 0.932. The van der Waals surface area contributed by atoms with Crippen LogP contribution in [0.1, 0.15) is 41.3 Å². The molecule has 262 valence electrons. The van der Waals surface area contributed by atoms with Crippen molar-refractivity contribution in [2.45, 2.75) is 44.9 Å². The van der Waals surface area contributed by atoms with Gasteiger partial charge in [0.25, 0.3) is 5.91 Å². The normalized spacial score (nSPS) is 17.6. The fourth-order valence-corrected chi connectivity index (χ4v) is 7.76. The largest absolute Gasteiger partial charge is 0.375 e. The van der Waals surface area contributed by atoms with E-state index in [-0.39, 0.29) is 49.8 Å². The first-order valence-corrected chi connectivity index (χ1v) is 17.9. The van der Waals surface area contributed by atoms with Crippen molar-refractivity contribution in [3.63, 3.8) is 0 Å². The highest BCUT2D eigenvalue weighted by Crippen LogP contribution is 2.32. The van der Waals surface area contributed by atoms with Crippen molar-refractivity contribution in [3.05, 3.63) is 102 Å². The molecule has 13 heteroatoms. The van der Waals surface area contributed by atoms with Gasteiger partial charge in [-0.25, -0.2) is 9.78 Å². The van der Waals surface area contributed by atoms with E-state index in [0.29, 0.717) is 22.9 Å². The molecule has 12 nitrogen and oxygen atoms in total. The average Bonchev–Trinajstić information content (AvgIpc) is 3.69. The minimum atomic E-state index is -0.811. The molecular weight excluding hydrogens is 665 g/mol. The van der Waals surface area contributed by atoms with Crippen molar-refractivity contribution in [1.29, 1.82) is 0 Å². The number of hydrazine groups is 1. The van der Waals surface area contributed by atoms with Crippen LogP contribution in [-0.2, 0) is 22.6 Å². The second-order valence-corrected chi connectivity index (χ2v) is 14.0. The van der Waals surface area contributed by atoms with E-state index in [1.807, 2.05) is 66.7 Å². The summed E-state index contributed by atoms with van der Waals surface area (Å²) in [6.07, 6.45) is 1.48. The van der Waals surface area contributed by atoms with Crippen LogP contribution in [0.2, 0.25) is 0 Å². The number of urea groups is 1. The van der Waals surface area contributed by atoms with Crippen LogP contribution in [0.5, 0.6) is 0 Å². The first-order valence-electron chi connectivity index (χ1n) is 17.1. The Hall–Kier alpha value is -5.53. The van der Waals surface area contributed by atoms with Gasteiger partial charge < -0.3 is 26.2 Å². The van der Waals surface area contributed by atoms with E-state index in [4.69, 9.17) is 5.73 Å². The van der Waals surface area contributed by atoms with Crippen LogP contribution in [0.15, 0.2) is 84.9 Å². The summed E-state index contributed by atoms with van der Waals surface area (Å²) in [5.74, 6) is -0.632. The lowest BCUT2D eigenvalue weighted by Crippen LogP contribution is -2.65. The zero-order chi connectivity index (χ0) is 35.6. The Labute approximate surface area is 299 Å². The summed E-state index contributed by atoms with van der Waals surface area (Å²) in [5.41, 5.74) is 9.65. The summed E-state index contributed by atoms with van der Waals surface area (Å²) in [7, 11) is 1.65. The average molecular weight is 705 g/mol. The number of rotatable bonds is 10. The minimum Gasteiger partial charge on any atom is -0.375 e. The number of amides is 5. The third kappa shape index (κ3) is 6.82. The Morgan fingerprint density at radius 3 is 2.57 bits per heavy atom. The maximum Gasteiger partial charge on any atom is 0.331 e. The summed E-state index contributed by atoms with van der Waals surface area (Å²) >= 11 is 1.39. The zero-order valence-corrected chi connectivity index (χ0v) is 29.4. The van der Waals surface area contributed by atoms with E-state index >= 15 is 0 Å². The van der Waals surface area contributed by atoms with Crippen molar-refractivity contribution in [1.82, 2.24) is 30.1 Å². The van der Waals surface area contributed by atoms with Crippen LogP contribution in [0.3, 0.4) is 0 Å². The van der Waals surface area contributed by atoms with Gasteiger partial charge in [-0.3, -0.25) is 19.4 Å². The zero-order valence-electron chi connectivity index (χ0n) is 28.5. The van der Waals surface area contributed by atoms with Gasteiger partial charge in [-0.2, -0.15) is 5.01 Å². The topological polar surface area (TPSA) is 144 Å². The predicted molar refractivity (Wildman–Crippen MR) is 199 cm³/mol. The molecule has 2 saturated heterocycles. The Morgan fingerprint density at radius 2 is 1.76 bits per heavy atom. The molecular formula is C38H40N8O4S. The lowest BCUT2D eigenvalue weighted by molar-refractivity contribution is -0.157. The number of carbonyl (C=O) groups excluding carboxylic acids is 4. The molecule has 2 fully saturated rings. The summed E-state index contributed by atoms with van der Waals surface area (Å²) in [6, 6.07) is 25.4. The lowest BCUT2D eigenvalue weighted by atomic mass is 9.99. The fraction of sp³-hybridized carbons (Fsp3) is 0.289. The van der Waals surface area contributed by atoms with Crippen molar-refractivity contribution in [2.24, 2.45) is 0 Å². The first-order chi connectivity index (χ1) is 24.7. The molecule has 2 aliphatic rings. The molecule has 4 N–H and O–H groups in total. The van der Waals surface area contributed by atoms with E-state index in [1.165, 1.54) is 16.3 Å². The number of benzene rings is 4. The maximum absolute atomic E-state index is 14.3. The molecule has 0 spiro atoms. The monoisotopic (exact) mass is 704 g/mol. The number of para-hydroxylation sites is 1. The molecule has 0 saturated carbocycles. The fourth-order valence-electron chi connectivity index (χ4n) is 6.98. The number of nitrogens with zero attached hydrogens (tertiary/aromatic N) is 5. The van der Waals surface area contributed by atoms with Gasteiger partial charge in [-0.15, -0.1) is 0 Å². The summed E-state index contributed by atoms with van der Waals surface area (Å²) in [5, 5.41) is 11.4. The molecule has 5 aromatic rings. The summed E-state index contributed by atoms with van der Waals surface area (Å²) in [6.45, 7) is 3.03. The quantitative estimate of drug-likeness (QED) is 0.172. The van der Waals surface area contributed by atoms with Crippen molar-refractivity contribution in [2.75, 3.05) is 37.7 Å². The molecule has 0 radical (unpaired) electrons. The standard InChI is InChI=1S/C38H40N8O4S/c1-3-4-19-40-38(50)43(2)45-23-33(47)46-30(36(49)44(22-32(45)46)21-26-11-8-14-31-34(26)42-37(39)51-31)20-24-15-17-27(18-16-24)41-35(48)29-13-7-10-25-9-5-6-12-28(25)29/h5-18,30,32H,3-4,19-23H2,1-2H3,(H2,39,42)(H,40,50)(H,41,48)/t30-,32+/m0/s1. The number of aromatic nitrogens is 1. The number of thiazole rings is 1. The lowest BCUT2D eigenvalue weighted by Gasteiger charge is -2.45. The van der Waals surface area contributed by atoms with E-state index in [1.54, 1.807) is 40.1 Å². The number of hydrogen-bond donors (Lipinski definition) is 3. The van der Waals surface area contributed by atoms with E-state index in [0.717, 1.165) is 45.0 Å². The number of unbranched alkanes of at least 4 members (excludes halogenated alkanes) is 1. The van der Waals surface area contributed by atoms with E-state index < -0.39 is 12.2 Å². The van der Waals surface area contributed by atoms with Crippen LogP contribution in [-0.4, -0.2) is 87.4 Å². The first kappa shape index (κ1) is 33.9. The van der Waals surface area contributed by atoms with Gasteiger partial charge in [0, 0.05) is 37.8 Å². The highest BCUT2D eigenvalue weighted by atomic mass is 32.1. The number of nitrogens with one attached hydrogen (secondary N) is 2. The van der Waals surface area contributed by atoms with Gasteiger partial charge in [-0.1, -0.05) is 85.3 Å².